The fourth-order valence-corrected chi connectivity index (χ4v) is 1.77. The third kappa shape index (κ3) is 5.47. The minimum absolute atomic E-state index is 0.0418. The van der Waals surface area contributed by atoms with E-state index in [4.69, 9.17) is 4.74 Å². The van der Waals surface area contributed by atoms with Crippen LogP contribution in [0.4, 0.5) is 0 Å². The quantitative estimate of drug-likeness (QED) is 0.741. The highest BCUT2D eigenvalue weighted by Gasteiger charge is 2.20. The largest absolute Gasteiger partial charge is 0.393 e. The van der Waals surface area contributed by atoms with Crippen molar-refractivity contribution in [2.24, 2.45) is 5.92 Å². The normalized spacial score (nSPS) is 25.8. The average Bonchev–Trinajstić information content (AvgIpc) is 2.25. The second-order valence-corrected chi connectivity index (χ2v) is 4.94. The molecule has 0 aromatic heterocycles. The maximum atomic E-state index is 11.4. The Morgan fingerprint density at radius 3 is 2.56 bits per heavy atom. The Morgan fingerprint density at radius 2 is 2.00 bits per heavy atom. The third-order valence-corrected chi connectivity index (χ3v) is 2.80. The third-order valence-electron chi connectivity index (χ3n) is 2.80. The summed E-state index contributed by atoms with van der Waals surface area (Å²) in [4.78, 5) is 11.4. The maximum absolute atomic E-state index is 11.4. The van der Waals surface area contributed by atoms with Gasteiger partial charge in [0, 0.05) is 6.54 Å². The van der Waals surface area contributed by atoms with Crippen LogP contribution in [0.15, 0.2) is 0 Å². The Bertz CT molecular complexity index is 210. The molecule has 1 fully saturated rings. The van der Waals surface area contributed by atoms with Crippen molar-refractivity contribution in [1.29, 1.82) is 0 Å². The van der Waals surface area contributed by atoms with E-state index in [-0.39, 0.29) is 24.7 Å². The van der Waals surface area contributed by atoms with Crippen molar-refractivity contribution in [1.82, 2.24) is 5.32 Å². The smallest absolute Gasteiger partial charge is 0.246 e. The molecule has 16 heavy (non-hydrogen) atoms. The summed E-state index contributed by atoms with van der Waals surface area (Å²) in [7, 11) is 0. The summed E-state index contributed by atoms with van der Waals surface area (Å²) < 4.78 is 5.50. The average molecular weight is 229 g/mol. The number of rotatable bonds is 5. The molecule has 0 atom stereocenters. The molecular weight excluding hydrogens is 206 g/mol. The summed E-state index contributed by atoms with van der Waals surface area (Å²) >= 11 is 0. The van der Waals surface area contributed by atoms with E-state index in [0.29, 0.717) is 12.5 Å². The van der Waals surface area contributed by atoms with Crippen LogP contribution in [0, 0.1) is 5.92 Å². The fraction of sp³-hybridized carbons (Fsp3) is 0.917. The van der Waals surface area contributed by atoms with Crippen molar-refractivity contribution >= 4 is 5.91 Å². The van der Waals surface area contributed by atoms with Crippen molar-refractivity contribution < 1.29 is 14.6 Å². The van der Waals surface area contributed by atoms with Crippen molar-refractivity contribution in [3.05, 3.63) is 0 Å². The molecule has 0 aromatic rings. The number of aliphatic hydroxyl groups is 1. The van der Waals surface area contributed by atoms with E-state index in [2.05, 4.69) is 19.2 Å². The molecule has 94 valence electrons. The van der Waals surface area contributed by atoms with E-state index in [9.17, 15) is 9.90 Å². The van der Waals surface area contributed by atoms with Crippen LogP contribution in [-0.2, 0) is 9.53 Å². The number of aliphatic hydroxyl groups excluding tert-OH is 1. The van der Waals surface area contributed by atoms with Gasteiger partial charge in [0.2, 0.25) is 5.91 Å². The lowest BCUT2D eigenvalue weighted by molar-refractivity contribution is -0.128. The summed E-state index contributed by atoms with van der Waals surface area (Å²) in [6, 6.07) is 0. The van der Waals surface area contributed by atoms with Crippen molar-refractivity contribution in [2.45, 2.75) is 51.7 Å². The van der Waals surface area contributed by atoms with Gasteiger partial charge in [-0.2, -0.15) is 0 Å². The minimum Gasteiger partial charge on any atom is -0.393 e. The number of hydrogen-bond acceptors (Lipinski definition) is 3. The first-order chi connectivity index (χ1) is 7.58. The van der Waals surface area contributed by atoms with Crippen LogP contribution in [0.1, 0.15) is 39.5 Å². The van der Waals surface area contributed by atoms with Crippen LogP contribution in [0.3, 0.4) is 0 Å². The summed E-state index contributed by atoms with van der Waals surface area (Å²) in [6.07, 6.45) is 3.27. The van der Waals surface area contributed by atoms with Crippen molar-refractivity contribution in [3.8, 4) is 0 Å². The Hall–Kier alpha value is -0.610. The van der Waals surface area contributed by atoms with Gasteiger partial charge in [0.05, 0.1) is 12.2 Å². The molecule has 0 unspecified atom stereocenters. The molecule has 0 spiro atoms. The zero-order valence-electron chi connectivity index (χ0n) is 10.2. The molecule has 0 radical (unpaired) electrons. The highest BCUT2D eigenvalue weighted by molar-refractivity contribution is 5.77. The first-order valence-electron chi connectivity index (χ1n) is 6.14. The van der Waals surface area contributed by atoms with Crippen LogP contribution in [-0.4, -0.2) is 36.4 Å². The maximum Gasteiger partial charge on any atom is 0.246 e. The molecule has 4 nitrogen and oxygen atoms in total. The van der Waals surface area contributed by atoms with Crippen LogP contribution >= 0.6 is 0 Å². The molecule has 0 saturated heterocycles. The fourth-order valence-electron chi connectivity index (χ4n) is 1.77. The standard InChI is InChI=1S/C12H23NO3/c1-9(2)7-13-12(15)8-16-11-5-3-10(14)4-6-11/h9-11,14H,3-8H2,1-2H3,(H,13,15). The van der Waals surface area contributed by atoms with Gasteiger partial charge in [0.15, 0.2) is 0 Å². The minimum atomic E-state index is -0.172. The molecule has 1 rings (SSSR count). The predicted molar refractivity (Wildman–Crippen MR) is 62.1 cm³/mol. The summed E-state index contributed by atoms with van der Waals surface area (Å²) in [5.74, 6) is 0.425. The monoisotopic (exact) mass is 229 g/mol. The van der Waals surface area contributed by atoms with Gasteiger partial charge in [-0.1, -0.05) is 13.8 Å². The molecule has 1 aliphatic rings. The number of nitrogens with one attached hydrogen (secondary N) is 1. The van der Waals surface area contributed by atoms with Gasteiger partial charge in [-0.25, -0.2) is 0 Å². The Labute approximate surface area is 97.4 Å². The summed E-state index contributed by atoms with van der Waals surface area (Å²) in [5.41, 5.74) is 0. The van der Waals surface area contributed by atoms with E-state index in [1.165, 1.54) is 0 Å². The lowest BCUT2D eigenvalue weighted by Crippen LogP contribution is -2.33. The number of carbonyl (C=O) groups is 1. The van der Waals surface area contributed by atoms with E-state index in [1.54, 1.807) is 0 Å². The number of amides is 1. The highest BCUT2D eigenvalue weighted by Crippen LogP contribution is 2.20. The molecule has 0 bridgehead atoms. The Balaban J connectivity index is 2.07. The van der Waals surface area contributed by atoms with Gasteiger partial charge in [0.25, 0.3) is 0 Å². The van der Waals surface area contributed by atoms with Gasteiger partial charge in [-0.3, -0.25) is 4.79 Å². The molecule has 4 heteroatoms. The Morgan fingerprint density at radius 1 is 1.38 bits per heavy atom. The SMILES string of the molecule is CC(C)CNC(=O)COC1CCC(O)CC1. The van der Waals surface area contributed by atoms with Crippen LogP contribution in [0.2, 0.25) is 0 Å². The van der Waals surface area contributed by atoms with E-state index in [1.807, 2.05) is 0 Å². The van der Waals surface area contributed by atoms with Crippen molar-refractivity contribution in [3.63, 3.8) is 0 Å². The van der Waals surface area contributed by atoms with Crippen LogP contribution < -0.4 is 5.32 Å². The molecule has 1 saturated carbocycles. The van der Waals surface area contributed by atoms with Gasteiger partial charge in [-0.15, -0.1) is 0 Å². The number of ether oxygens (including phenoxy) is 1. The van der Waals surface area contributed by atoms with E-state index in [0.717, 1.165) is 25.7 Å². The zero-order valence-corrected chi connectivity index (χ0v) is 10.2. The highest BCUT2D eigenvalue weighted by atomic mass is 16.5. The zero-order chi connectivity index (χ0) is 12.0. The molecular formula is C12H23NO3. The summed E-state index contributed by atoms with van der Waals surface area (Å²) in [5, 5.41) is 12.1. The lowest BCUT2D eigenvalue weighted by atomic mass is 9.95. The van der Waals surface area contributed by atoms with Gasteiger partial charge in [0.1, 0.15) is 6.61 Å². The van der Waals surface area contributed by atoms with Gasteiger partial charge >= 0.3 is 0 Å². The van der Waals surface area contributed by atoms with Crippen LogP contribution in [0.25, 0.3) is 0 Å². The predicted octanol–water partition coefficient (Wildman–Crippen LogP) is 1.08. The molecule has 0 aromatic carbocycles. The van der Waals surface area contributed by atoms with Gasteiger partial charge < -0.3 is 15.2 Å². The van der Waals surface area contributed by atoms with Crippen LogP contribution in [0.5, 0.6) is 0 Å². The molecule has 0 aliphatic heterocycles. The second kappa shape index (κ2) is 6.86. The lowest BCUT2D eigenvalue weighted by Gasteiger charge is -2.25. The first kappa shape index (κ1) is 13.5. The Kier molecular flexibility index (Phi) is 5.77. The molecule has 0 heterocycles. The molecule has 1 aliphatic carbocycles. The van der Waals surface area contributed by atoms with Crippen molar-refractivity contribution in [2.75, 3.05) is 13.2 Å². The van der Waals surface area contributed by atoms with E-state index >= 15 is 0 Å². The topological polar surface area (TPSA) is 58.6 Å². The number of carbonyl (C=O) groups excluding carboxylic acids is 1. The second-order valence-electron chi connectivity index (χ2n) is 4.94. The summed E-state index contributed by atoms with van der Waals surface area (Å²) in [6.45, 7) is 4.96. The molecule has 1 amide bonds. The van der Waals surface area contributed by atoms with Gasteiger partial charge in [-0.05, 0) is 31.6 Å². The number of hydrogen-bond donors (Lipinski definition) is 2. The van der Waals surface area contributed by atoms with E-state index < -0.39 is 0 Å². The first-order valence-corrected chi connectivity index (χ1v) is 6.14. The molecule has 2 N–H and O–H groups in total.